The van der Waals surface area contributed by atoms with Gasteiger partial charge >= 0.3 is 0 Å². The molecule has 0 bridgehead atoms. The standard InChI is InChI=1S/C15H18ClNO4/c16-12-3-1-11(2-4-12)13-9-17(6-8-21-13)14(18)15(19)5-7-20-10-15/h1-4,13,19H,5-10H2/t13-,15?/m1/s1. The van der Waals surface area contributed by atoms with Crippen molar-refractivity contribution in [3.05, 3.63) is 34.9 Å². The topological polar surface area (TPSA) is 59.0 Å². The molecule has 2 atom stereocenters. The lowest BCUT2D eigenvalue weighted by Gasteiger charge is -2.36. The van der Waals surface area contributed by atoms with Gasteiger partial charge in [0.25, 0.3) is 5.91 Å². The highest BCUT2D eigenvalue weighted by Gasteiger charge is 2.44. The molecule has 1 aromatic carbocycles. The highest BCUT2D eigenvalue weighted by molar-refractivity contribution is 6.30. The SMILES string of the molecule is O=C(N1CCO[C@@H](c2ccc(Cl)cc2)C1)C1(O)CCOC1. The summed E-state index contributed by atoms with van der Waals surface area (Å²) < 4.78 is 10.9. The molecule has 2 heterocycles. The molecule has 0 radical (unpaired) electrons. The molecular weight excluding hydrogens is 294 g/mol. The van der Waals surface area contributed by atoms with Crippen molar-refractivity contribution in [2.75, 3.05) is 32.9 Å². The van der Waals surface area contributed by atoms with Crippen molar-refractivity contribution in [2.24, 2.45) is 0 Å². The Bertz CT molecular complexity index is 513. The summed E-state index contributed by atoms with van der Waals surface area (Å²) in [6.45, 7) is 1.88. The quantitative estimate of drug-likeness (QED) is 0.897. The Morgan fingerprint density at radius 3 is 2.76 bits per heavy atom. The third kappa shape index (κ3) is 3.06. The zero-order chi connectivity index (χ0) is 14.9. The van der Waals surface area contributed by atoms with Crippen molar-refractivity contribution in [3.63, 3.8) is 0 Å². The Kier molecular flexibility index (Phi) is 4.17. The van der Waals surface area contributed by atoms with Gasteiger partial charge in [0, 0.05) is 18.0 Å². The Labute approximate surface area is 128 Å². The summed E-state index contributed by atoms with van der Waals surface area (Å²) in [6.07, 6.45) is 0.167. The second kappa shape index (κ2) is 5.93. The molecule has 2 fully saturated rings. The van der Waals surface area contributed by atoms with Crippen molar-refractivity contribution >= 4 is 17.5 Å². The first kappa shape index (κ1) is 14.8. The lowest BCUT2D eigenvalue weighted by Crippen LogP contribution is -2.53. The molecule has 2 aliphatic heterocycles. The summed E-state index contributed by atoms with van der Waals surface area (Å²) in [4.78, 5) is 14.1. The van der Waals surface area contributed by atoms with Crippen LogP contribution in [-0.2, 0) is 14.3 Å². The number of aliphatic hydroxyl groups is 1. The predicted octanol–water partition coefficient (Wildman–Crippen LogP) is 1.39. The van der Waals surface area contributed by atoms with Crippen LogP contribution in [0.25, 0.3) is 0 Å². The van der Waals surface area contributed by atoms with Gasteiger partial charge in [-0.1, -0.05) is 23.7 Å². The number of halogens is 1. The van der Waals surface area contributed by atoms with Crippen molar-refractivity contribution in [2.45, 2.75) is 18.1 Å². The van der Waals surface area contributed by atoms with Crippen LogP contribution in [0.3, 0.4) is 0 Å². The number of morpholine rings is 1. The van der Waals surface area contributed by atoms with E-state index in [-0.39, 0.29) is 18.6 Å². The van der Waals surface area contributed by atoms with E-state index in [1.165, 1.54) is 0 Å². The molecule has 1 unspecified atom stereocenters. The molecule has 2 aliphatic rings. The third-order valence-electron chi connectivity index (χ3n) is 3.99. The van der Waals surface area contributed by atoms with E-state index in [0.29, 0.717) is 37.7 Å². The maximum atomic E-state index is 12.5. The van der Waals surface area contributed by atoms with Gasteiger partial charge in [0.1, 0.15) is 6.10 Å². The van der Waals surface area contributed by atoms with Crippen LogP contribution in [-0.4, -0.2) is 54.4 Å². The molecule has 114 valence electrons. The molecule has 1 aromatic rings. The highest BCUT2D eigenvalue weighted by atomic mass is 35.5. The number of carbonyl (C=O) groups is 1. The van der Waals surface area contributed by atoms with Crippen LogP contribution < -0.4 is 0 Å². The molecule has 21 heavy (non-hydrogen) atoms. The van der Waals surface area contributed by atoms with Crippen molar-refractivity contribution < 1.29 is 19.4 Å². The zero-order valence-electron chi connectivity index (χ0n) is 11.6. The van der Waals surface area contributed by atoms with E-state index in [1.807, 2.05) is 12.1 Å². The monoisotopic (exact) mass is 311 g/mol. The molecule has 0 spiro atoms. The van der Waals surface area contributed by atoms with Crippen LogP contribution in [0, 0.1) is 0 Å². The first-order valence-corrected chi connectivity index (χ1v) is 7.43. The van der Waals surface area contributed by atoms with Gasteiger partial charge in [-0.25, -0.2) is 0 Å². The van der Waals surface area contributed by atoms with E-state index in [9.17, 15) is 9.90 Å². The molecule has 0 aromatic heterocycles. The summed E-state index contributed by atoms with van der Waals surface area (Å²) in [5.41, 5.74) is -0.395. The van der Waals surface area contributed by atoms with Crippen molar-refractivity contribution in [1.82, 2.24) is 4.90 Å². The molecule has 6 heteroatoms. The van der Waals surface area contributed by atoms with E-state index < -0.39 is 5.60 Å². The number of benzene rings is 1. The van der Waals surface area contributed by atoms with E-state index in [4.69, 9.17) is 21.1 Å². The Balaban J connectivity index is 1.70. The summed E-state index contributed by atoms with van der Waals surface area (Å²) in [5.74, 6) is -0.262. The van der Waals surface area contributed by atoms with Crippen LogP contribution in [0.15, 0.2) is 24.3 Å². The largest absolute Gasteiger partial charge is 0.378 e. The summed E-state index contributed by atoms with van der Waals surface area (Å²) in [6, 6.07) is 7.40. The lowest BCUT2D eigenvalue weighted by molar-refractivity contribution is -0.158. The first-order valence-electron chi connectivity index (χ1n) is 7.05. The molecule has 3 rings (SSSR count). The van der Waals surface area contributed by atoms with E-state index >= 15 is 0 Å². The maximum absolute atomic E-state index is 12.5. The number of carbonyl (C=O) groups excluding carboxylic acids is 1. The molecule has 0 aliphatic carbocycles. The lowest BCUT2D eigenvalue weighted by atomic mass is 10.00. The average Bonchev–Trinajstić information content (AvgIpc) is 2.95. The number of hydrogen-bond acceptors (Lipinski definition) is 4. The molecular formula is C15H18ClNO4. The number of ether oxygens (including phenoxy) is 2. The second-order valence-corrected chi connectivity index (χ2v) is 5.93. The Morgan fingerprint density at radius 2 is 2.10 bits per heavy atom. The second-order valence-electron chi connectivity index (χ2n) is 5.50. The van der Waals surface area contributed by atoms with Crippen molar-refractivity contribution in [1.29, 1.82) is 0 Å². The van der Waals surface area contributed by atoms with Gasteiger partial charge in [-0.3, -0.25) is 4.79 Å². The maximum Gasteiger partial charge on any atom is 0.257 e. The normalized spacial score (nSPS) is 29.6. The van der Waals surface area contributed by atoms with Crippen molar-refractivity contribution in [3.8, 4) is 0 Å². The summed E-state index contributed by atoms with van der Waals surface area (Å²) >= 11 is 5.88. The molecule has 1 amide bonds. The molecule has 0 saturated carbocycles. The smallest absolute Gasteiger partial charge is 0.257 e. The van der Waals surface area contributed by atoms with Crippen LogP contribution in [0.2, 0.25) is 5.02 Å². The third-order valence-corrected chi connectivity index (χ3v) is 4.25. The van der Waals surface area contributed by atoms with Gasteiger partial charge in [0.2, 0.25) is 0 Å². The number of hydrogen-bond donors (Lipinski definition) is 1. The van der Waals surface area contributed by atoms with Gasteiger partial charge in [-0.15, -0.1) is 0 Å². The van der Waals surface area contributed by atoms with E-state index in [0.717, 1.165) is 5.56 Å². The number of nitrogens with zero attached hydrogens (tertiary/aromatic N) is 1. The molecule has 1 N–H and O–H groups in total. The van der Waals surface area contributed by atoms with Gasteiger partial charge in [0.15, 0.2) is 5.60 Å². The minimum absolute atomic E-state index is 0.0782. The van der Waals surface area contributed by atoms with E-state index in [1.54, 1.807) is 17.0 Å². The fourth-order valence-electron chi connectivity index (χ4n) is 2.73. The molecule has 2 saturated heterocycles. The Morgan fingerprint density at radius 1 is 1.33 bits per heavy atom. The predicted molar refractivity (Wildman–Crippen MR) is 77.1 cm³/mol. The first-order chi connectivity index (χ1) is 10.1. The number of rotatable bonds is 2. The summed E-state index contributed by atoms with van der Waals surface area (Å²) in [5, 5.41) is 11.0. The van der Waals surface area contributed by atoms with Gasteiger partial charge < -0.3 is 19.5 Å². The number of amides is 1. The summed E-state index contributed by atoms with van der Waals surface area (Å²) in [7, 11) is 0. The zero-order valence-corrected chi connectivity index (χ0v) is 12.4. The van der Waals surface area contributed by atoms with E-state index in [2.05, 4.69) is 0 Å². The fraction of sp³-hybridized carbons (Fsp3) is 0.533. The molecule has 5 nitrogen and oxygen atoms in total. The highest BCUT2D eigenvalue weighted by Crippen LogP contribution is 2.27. The van der Waals surface area contributed by atoms with Gasteiger partial charge in [-0.2, -0.15) is 0 Å². The average molecular weight is 312 g/mol. The Hall–Kier alpha value is -1.14. The van der Waals surface area contributed by atoms with Crippen LogP contribution >= 0.6 is 11.6 Å². The van der Waals surface area contributed by atoms with Gasteiger partial charge in [-0.05, 0) is 17.7 Å². The van der Waals surface area contributed by atoms with Crippen LogP contribution in [0.1, 0.15) is 18.1 Å². The minimum atomic E-state index is -1.37. The fourth-order valence-corrected chi connectivity index (χ4v) is 2.86. The van der Waals surface area contributed by atoms with Crippen LogP contribution in [0.4, 0.5) is 0 Å². The van der Waals surface area contributed by atoms with Crippen LogP contribution in [0.5, 0.6) is 0 Å². The minimum Gasteiger partial charge on any atom is -0.378 e. The van der Waals surface area contributed by atoms with Gasteiger partial charge in [0.05, 0.1) is 26.4 Å².